The van der Waals surface area contributed by atoms with Gasteiger partial charge in [0.2, 0.25) is 0 Å². The molecular formula is C18H24N2O. The van der Waals surface area contributed by atoms with Crippen molar-refractivity contribution >= 4 is 5.82 Å². The molecule has 1 aromatic heterocycles. The molecule has 1 heterocycles. The van der Waals surface area contributed by atoms with Crippen LogP contribution in [0.3, 0.4) is 0 Å². The standard InChI is InChI=1S/C18H24N2O/c1-13(2)17-9-16(12-21)10-18(19-17)20(4)11-15-7-5-6-14(3)8-15/h5-10,13,21H,11-12H2,1-4H3. The Morgan fingerprint density at radius 2 is 1.90 bits per heavy atom. The number of aromatic nitrogens is 1. The number of anilines is 1. The quantitative estimate of drug-likeness (QED) is 0.910. The minimum atomic E-state index is 0.0491. The van der Waals surface area contributed by atoms with E-state index in [0.717, 1.165) is 23.6 Å². The van der Waals surface area contributed by atoms with Crippen molar-refractivity contribution in [2.24, 2.45) is 0 Å². The second-order valence-electron chi connectivity index (χ2n) is 5.92. The van der Waals surface area contributed by atoms with Crippen LogP contribution in [-0.4, -0.2) is 17.1 Å². The summed E-state index contributed by atoms with van der Waals surface area (Å²) in [6.45, 7) is 7.20. The molecule has 0 radical (unpaired) electrons. The van der Waals surface area contributed by atoms with Crippen LogP contribution in [0, 0.1) is 6.92 Å². The van der Waals surface area contributed by atoms with Crippen molar-refractivity contribution in [2.45, 2.75) is 39.8 Å². The summed E-state index contributed by atoms with van der Waals surface area (Å²) in [6.07, 6.45) is 0. The van der Waals surface area contributed by atoms with Gasteiger partial charge in [-0.15, -0.1) is 0 Å². The molecule has 0 unspecified atom stereocenters. The van der Waals surface area contributed by atoms with Gasteiger partial charge in [0.1, 0.15) is 5.82 Å². The van der Waals surface area contributed by atoms with E-state index in [2.05, 4.69) is 49.9 Å². The molecule has 0 bridgehead atoms. The van der Waals surface area contributed by atoms with E-state index >= 15 is 0 Å². The number of pyridine rings is 1. The van der Waals surface area contributed by atoms with Gasteiger partial charge in [-0.3, -0.25) is 0 Å². The molecule has 0 spiro atoms. The van der Waals surface area contributed by atoms with Crippen molar-refractivity contribution in [2.75, 3.05) is 11.9 Å². The zero-order valence-corrected chi connectivity index (χ0v) is 13.3. The molecule has 1 N–H and O–H groups in total. The van der Waals surface area contributed by atoms with Gasteiger partial charge in [0.15, 0.2) is 0 Å². The summed E-state index contributed by atoms with van der Waals surface area (Å²) >= 11 is 0. The van der Waals surface area contributed by atoms with Gasteiger partial charge < -0.3 is 10.0 Å². The van der Waals surface area contributed by atoms with Crippen molar-refractivity contribution in [1.82, 2.24) is 4.98 Å². The Labute approximate surface area is 127 Å². The van der Waals surface area contributed by atoms with E-state index in [1.165, 1.54) is 11.1 Å². The van der Waals surface area contributed by atoms with Crippen LogP contribution in [-0.2, 0) is 13.2 Å². The molecule has 3 heteroatoms. The molecule has 0 saturated carbocycles. The maximum absolute atomic E-state index is 9.43. The summed E-state index contributed by atoms with van der Waals surface area (Å²) in [5.74, 6) is 1.26. The van der Waals surface area contributed by atoms with E-state index < -0.39 is 0 Å². The third-order valence-electron chi connectivity index (χ3n) is 3.56. The fraction of sp³-hybridized carbons (Fsp3) is 0.389. The van der Waals surface area contributed by atoms with Crippen molar-refractivity contribution in [1.29, 1.82) is 0 Å². The fourth-order valence-corrected chi connectivity index (χ4v) is 2.34. The van der Waals surface area contributed by atoms with Crippen LogP contribution < -0.4 is 4.90 Å². The molecule has 0 aliphatic heterocycles. The van der Waals surface area contributed by atoms with Gasteiger partial charge in [-0.25, -0.2) is 4.98 Å². The van der Waals surface area contributed by atoms with Gasteiger partial charge in [-0.2, -0.15) is 0 Å². The van der Waals surface area contributed by atoms with Gasteiger partial charge in [0.05, 0.1) is 6.61 Å². The maximum Gasteiger partial charge on any atom is 0.129 e. The first-order chi connectivity index (χ1) is 9.99. The maximum atomic E-state index is 9.43. The van der Waals surface area contributed by atoms with E-state index in [0.29, 0.717) is 5.92 Å². The molecule has 0 amide bonds. The number of hydrogen-bond donors (Lipinski definition) is 1. The van der Waals surface area contributed by atoms with Crippen molar-refractivity contribution in [3.63, 3.8) is 0 Å². The highest BCUT2D eigenvalue weighted by Gasteiger charge is 2.10. The molecule has 1 aromatic carbocycles. The number of aliphatic hydroxyl groups is 1. The van der Waals surface area contributed by atoms with E-state index in [4.69, 9.17) is 4.98 Å². The summed E-state index contributed by atoms with van der Waals surface area (Å²) in [5, 5.41) is 9.43. The van der Waals surface area contributed by atoms with Crippen LogP contribution in [0.2, 0.25) is 0 Å². The zero-order chi connectivity index (χ0) is 15.4. The summed E-state index contributed by atoms with van der Waals surface area (Å²) in [4.78, 5) is 6.84. The van der Waals surface area contributed by atoms with Crippen LogP contribution in [0.1, 0.15) is 42.1 Å². The highest BCUT2D eigenvalue weighted by molar-refractivity contribution is 5.43. The normalized spacial score (nSPS) is 11.0. The van der Waals surface area contributed by atoms with Crippen LogP contribution in [0.15, 0.2) is 36.4 Å². The minimum Gasteiger partial charge on any atom is -0.392 e. The molecule has 0 atom stereocenters. The third kappa shape index (κ3) is 4.05. The summed E-state index contributed by atoms with van der Waals surface area (Å²) in [7, 11) is 2.04. The Morgan fingerprint density at radius 1 is 1.14 bits per heavy atom. The highest BCUT2D eigenvalue weighted by atomic mass is 16.3. The van der Waals surface area contributed by atoms with E-state index in [1.807, 2.05) is 19.2 Å². The lowest BCUT2D eigenvalue weighted by atomic mass is 10.1. The van der Waals surface area contributed by atoms with Crippen LogP contribution >= 0.6 is 0 Å². The van der Waals surface area contributed by atoms with Gasteiger partial charge in [0, 0.05) is 19.3 Å². The average molecular weight is 284 g/mol. The predicted molar refractivity (Wildman–Crippen MR) is 87.5 cm³/mol. The van der Waals surface area contributed by atoms with Gasteiger partial charge in [0.25, 0.3) is 0 Å². The molecule has 0 fully saturated rings. The molecule has 2 rings (SSSR count). The Hall–Kier alpha value is -1.87. The second-order valence-corrected chi connectivity index (χ2v) is 5.92. The van der Waals surface area contributed by atoms with Gasteiger partial charge in [-0.05, 0) is 36.1 Å². The first-order valence-electron chi connectivity index (χ1n) is 7.38. The smallest absolute Gasteiger partial charge is 0.129 e. The zero-order valence-electron chi connectivity index (χ0n) is 13.3. The van der Waals surface area contributed by atoms with Crippen molar-refractivity contribution in [3.05, 3.63) is 58.8 Å². The third-order valence-corrected chi connectivity index (χ3v) is 3.56. The second kappa shape index (κ2) is 6.72. The van der Waals surface area contributed by atoms with Crippen LogP contribution in [0.25, 0.3) is 0 Å². The Bertz CT molecular complexity index is 608. The number of rotatable bonds is 5. The van der Waals surface area contributed by atoms with Gasteiger partial charge in [-0.1, -0.05) is 43.7 Å². The minimum absolute atomic E-state index is 0.0491. The van der Waals surface area contributed by atoms with Gasteiger partial charge >= 0.3 is 0 Å². The van der Waals surface area contributed by atoms with E-state index in [9.17, 15) is 5.11 Å². The molecule has 2 aromatic rings. The van der Waals surface area contributed by atoms with Crippen molar-refractivity contribution in [3.8, 4) is 0 Å². The summed E-state index contributed by atoms with van der Waals surface area (Å²) in [5.41, 5.74) is 4.47. The first kappa shape index (κ1) is 15.5. The number of aliphatic hydroxyl groups excluding tert-OH is 1. The van der Waals surface area contributed by atoms with Crippen LogP contribution in [0.5, 0.6) is 0 Å². The molecule has 3 nitrogen and oxygen atoms in total. The molecule has 0 aliphatic rings. The average Bonchev–Trinajstić information content (AvgIpc) is 2.46. The number of nitrogens with zero attached hydrogens (tertiary/aromatic N) is 2. The number of hydrogen-bond acceptors (Lipinski definition) is 3. The number of aryl methyl sites for hydroxylation is 1. The molecular weight excluding hydrogens is 260 g/mol. The Balaban J connectivity index is 2.25. The fourth-order valence-electron chi connectivity index (χ4n) is 2.34. The lowest BCUT2D eigenvalue weighted by Gasteiger charge is -2.21. The molecule has 21 heavy (non-hydrogen) atoms. The van der Waals surface area contributed by atoms with Crippen molar-refractivity contribution < 1.29 is 5.11 Å². The molecule has 0 saturated heterocycles. The number of benzene rings is 1. The lowest BCUT2D eigenvalue weighted by molar-refractivity contribution is 0.281. The SMILES string of the molecule is Cc1cccc(CN(C)c2cc(CO)cc(C(C)C)n2)c1. The Kier molecular flexibility index (Phi) is 4.97. The molecule has 0 aliphatic carbocycles. The predicted octanol–water partition coefficient (Wildman–Crippen LogP) is 3.64. The topological polar surface area (TPSA) is 36.4 Å². The highest BCUT2D eigenvalue weighted by Crippen LogP contribution is 2.21. The largest absolute Gasteiger partial charge is 0.392 e. The summed E-state index contributed by atoms with van der Waals surface area (Å²) in [6, 6.07) is 12.4. The Morgan fingerprint density at radius 3 is 2.52 bits per heavy atom. The lowest BCUT2D eigenvalue weighted by Crippen LogP contribution is -2.18. The monoisotopic (exact) mass is 284 g/mol. The first-order valence-corrected chi connectivity index (χ1v) is 7.38. The van der Waals surface area contributed by atoms with Crippen LogP contribution in [0.4, 0.5) is 5.82 Å². The van der Waals surface area contributed by atoms with E-state index in [-0.39, 0.29) is 6.61 Å². The summed E-state index contributed by atoms with van der Waals surface area (Å²) < 4.78 is 0. The molecule has 112 valence electrons. The van der Waals surface area contributed by atoms with E-state index in [1.54, 1.807) is 0 Å².